The number of carbonyl (C=O) groups is 1. The molecule has 1 aliphatic carbocycles. The monoisotopic (exact) mass is 359 g/mol. The third-order valence-corrected chi connectivity index (χ3v) is 4.79. The van der Waals surface area contributed by atoms with Crippen molar-refractivity contribution in [3.63, 3.8) is 0 Å². The van der Waals surface area contributed by atoms with Crippen LogP contribution in [-0.4, -0.2) is 16.0 Å². The van der Waals surface area contributed by atoms with Crippen molar-refractivity contribution in [1.82, 2.24) is 10.1 Å². The Labute approximate surface area is 158 Å². The largest absolute Gasteiger partial charge is 0.339 e. The number of nitrogens with zero attached hydrogens (tertiary/aromatic N) is 2. The van der Waals surface area contributed by atoms with Crippen molar-refractivity contribution < 1.29 is 9.32 Å². The number of hydrogen-bond acceptors (Lipinski definition) is 4. The van der Waals surface area contributed by atoms with Gasteiger partial charge in [0, 0.05) is 23.2 Å². The Morgan fingerprint density at radius 1 is 1.19 bits per heavy atom. The fraction of sp³-hybridized carbons (Fsp3) is 0.227. The zero-order chi connectivity index (χ0) is 18.6. The van der Waals surface area contributed by atoms with Crippen LogP contribution in [0.3, 0.4) is 0 Å². The van der Waals surface area contributed by atoms with Gasteiger partial charge in [0.1, 0.15) is 0 Å². The Kier molecular flexibility index (Phi) is 4.83. The molecule has 1 heterocycles. The van der Waals surface area contributed by atoms with E-state index in [2.05, 4.69) is 15.5 Å². The maximum Gasteiger partial charge on any atom is 0.248 e. The Hall–Kier alpha value is -3.21. The van der Waals surface area contributed by atoms with Gasteiger partial charge in [-0.05, 0) is 43.5 Å². The third kappa shape index (κ3) is 4.14. The van der Waals surface area contributed by atoms with Crippen LogP contribution >= 0.6 is 0 Å². The molecule has 1 saturated carbocycles. The van der Waals surface area contributed by atoms with Crippen molar-refractivity contribution in [2.24, 2.45) is 0 Å². The van der Waals surface area contributed by atoms with Gasteiger partial charge in [-0.25, -0.2) is 0 Å². The number of hydrogen-bond donors (Lipinski definition) is 1. The van der Waals surface area contributed by atoms with E-state index in [1.165, 1.54) is 18.1 Å². The summed E-state index contributed by atoms with van der Waals surface area (Å²) in [4.78, 5) is 16.7. The number of anilines is 1. The summed E-state index contributed by atoms with van der Waals surface area (Å²) in [5.41, 5.74) is 3.70. The molecule has 0 spiro atoms. The molecule has 4 rings (SSSR count). The number of amides is 1. The Morgan fingerprint density at radius 3 is 2.74 bits per heavy atom. The highest BCUT2D eigenvalue weighted by Crippen LogP contribution is 2.36. The van der Waals surface area contributed by atoms with Gasteiger partial charge in [0.15, 0.2) is 0 Å². The molecule has 27 heavy (non-hydrogen) atoms. The molecule has 0 bridgehead atoms. The fourth-order valence-corrected chi connectivity index (χ4v) is 2.94. The van der Waals surface area contributed by atoms with E-state index in [-0.39, 0.29) is 5.91 Å². The van der Waals surface area contributed by atoms with Crippen molar-refractivity contribution in [2.75, 3.05) is 5.32 Å². The summed E-state index contributed by atoms with van der Waals surface area (Å²) in [5.74, 6) is 1.49. The lowest BCUT2D eigenvalue weighted by Crippen LogP contribution is -2.08. The number of nitrogens with one attached hydrogen (secondary N) is 1. The van der Waals surface area contributed by atoms with E-state index in [1.807, 2.05) is 55.5 Å². The van der Waals surface area contributed by atoms with E-state index in [0.717, 1.165) is 24.0 Å². The number of benzene rings is 2. The Balaban J connectivity index is 1.43. The average Bonchev–Trinajstić information content (AvgIpc) is 3.09. The minimum atomic E-state index is -0.184. The second-order valence-corrected chi connectivity index (χ2v) is 6.90. The van der Waals surface area contributed by atoms with E-state index >= 15 is 0 Å². The van der Waals surface area contributed by atoms with Crippen molar-refractivity contribution in [3.05, 3.63) is 71.6 Å². The molecule has 5 heteroatoms. The van der Waals surface area contributed by atoms with E-state index < -0.39 is 0 Å². The Bertz CT molecular complexity index is 969. The summed E-state index contributed by atoms with van der Waals surface area (Å²) in [7, 11) is 0. The molecule has 0 unspecified atom stereocenters. The molecule has 0 radical (unpaired) electrons. The van der Waals surface area contributed by atoms with Crippen molar-refractivity contribution in [2.45, 2.75) is 32.1 Å². The van der Waals surface area contributed by atoms with E-state index in [4.69, 9.17) is 4.52 Å². The minimum absolute atomic E-state index is 0.184. The number of rotatable bonds is 5. The van der Waals surface area contributed by atoms with Crippen LogP contribution in [0.25, 0.3) is 17.5 Å². The molecule has 2 aromatic carbocycles. The minimum Gasteiger partial charge on any atom is -0.339 e. The summed E-state index contributed by atoms with van der Waals surface area (Å²) in [6.07, 6.45) is 6.78. The van der Waals surface area contributed by atoms with Crippen LogP contribution in [0.1, 0.15) is 42.2 Å². The first kappa shape index (κ1) is 17.2. The first-order chi connectivity index (χ1) is 13.2. The number of carbonyl (C=O) groups excluding carboxylic acids is 1. The molecule has 1 aliphatic rings. The van der Waals surface area contributed by atoms with E-state index in [0.29, 0.717) is 23.3 Å². The summed E-state index contributed by atoms with van der Waals surface area (Å²) < 4.78 is 5.38. The molecule has 0 aliphatic heterocycles. The topological polar surface area (TPSA) is 68.0 Å². The predicted octanol–water partition coefficient (Wildman–Crippen LogP) is 4.96. The van der Waals surface area contributed by atoms with Gasteiger partial charge in [-0.3, -0.25) is 4.79 Å². The van der Waals surface area contributed by atoms with Crippen LogP contribution in [0.5, 0.6) is 0 Å². The first-order valence-electron chi connectivity index (χ1n) is 9.17. The van der Waals surface area contributed by atoms with Crippen molar-refractivity contribution in [3.8, 4) is 11.4 Å². The summed E-state index contributed by atoms with van der Waals surface area (Å²) in [6.45, 7) is 2.03. The molecule has 5 nitrogen and oxygen atoms in total. The van der Waals surface area contributed by atoms with Gasteiger partial charge < -0.3 is 9.84 Å². The van der Waals surface area contributed by atoms with Crippen LogP contribution in [0.2, 0.25) is 0 Å². The molecule has 3 aromatic rings. The number of aryl methyl sites for hydroxylation is 1. The molecule has 1 N–H and O–H groups in total. The van der Waals surface area contributed by atoms with Gasteiger partial charge in [-0.15, -0.1) is 0 Å². The van der Waals surface area contributed by atoms with Gasteiger partial charge in [0.25, 0.3) is 0 Å². The molecule has 1 amide bonds. The number of aromatic nitrogens is 2. The standard InChI is InChI=1S/C22H21N3O2/c1-15-8-10-16(11-9-15)12-13-20(26)23-19-7-3-6-18(14-19)21-24-22(27-25-21)17-4-2-5-17/h3,6-14,17H,2,4-5H2,1H3,(H,23,26). The van der Waals surface area contributed by atoms with E-state index in [1.54, 1.807) is 6.08 Å². The lowest BCUT2D eigenvalue weighted by atomic mass is 9.85. The van der Waals surface area contributed by atoms with E-state index in [9.17, 15) is 4.79 Å². The van der Waals surface area contributed by atoms with Crippen LogP contribution in [0, 0.1) is 6.92 Å². The highest BCUT2D eigenvalue weighted by molar-refractivity contribution is 6.02. The van der Waals surface area contributed by atoms with Gasteiger partial charge >= 0.3 is 0 Å². The maximum absolute atomic E-state index is 12.2. The highest BCUT2D eigenvalue weighted by Gasteiger charge is 2.25. The van der Waals surface area contributed by atoms with Gasteiger partial charge in [-0.2, -0.15) is 4.98 Å². The van der Waals surface area contributed by atoms with Gasteiger partial charge in [0.2, 0.25) is 17.6 Å². The zero-order valence-corrected chi connectivity index (χ0v) is 15.2. The SMILES string of the molecule is Cc1ccc(C=CC(=O)Nc2cccc(-c3noc(C4CCC4)n3)c2)cc1. The smallest absolute Gasteiger partial charge is 0.248 e. The molecule has 0 saturated heterocycles. The summed E-state index contributed by atoms with van der Waals surface area (Å²) in [5, 5.41) is 6.95. The molecular formula is C22H21N3O2. The third-order valence-electron chi connectivity index (χ3n) is 4.79. The highest BCUT2D eigenvalue weighted by atomic mass is 16.5. The van der Waals surface area contributed by atoms with Crippen LogP contribution in [0.4, 0.5) is 5.69 Å². The molecule has 1 fully saturated rings. The summed E-state index contributed by atoms with van der Waals surface area (Å²) >= 11 is 0. The molecule has 0 atom stereocenters. The first-order valence-corrected chi connectivity index (χ1v) is 9.17. The normalized spacial score (nSPS) is 14.3. The van der Waals surface area contributed by atoms with Crippen LogP contribution in [0.15, 0.2) is 59.1 Å². The second kappa shape index (κ2) is 7.58. The average molecular weight is 359 g/mol. The second-order valence-electron chi connectivity index (χ2n) is 6.90. The lowest BCUT2D eigenvalue weighted by Gasteiger charge is -2.20. The van der Waals surface area contributed by atoms with Gasteiger partial charge in [0.05, 0.1) is 0 Å². The molecular weight excluding hydrogens is 338 g/mol. The predicted molar refractivity (Wildman–Crippen MR) is 105 cm³/mol. The Morgan fingerprint density at radius 2 is 2.00 bits per heavy atom. The zero-order valence-electron chi connectivity index (χ0n) is 15.2. The van der Waals surface area contributed by atoms with Crippen molar-refractivity contribution >= 4 is 17.7 Å². The maximum atomic E-state index is 12.2. The lowest BCUT2D eigenvalue weighted by molar-refractivity contribution is -0.111. The summed E-state index contributed by atoms with van der Waals surface area (Å²) in [6, 6.07) is 15.5. The fourth-order valence-electron chi connectivity index (χ4n) is 2.94. The van der Waals surface area contributed by atoms with Crippen LogP contribution < -0.4 is 5.32 Å². The quantitative estimate of drug-likeness (QED) is 0.654. The van der Waals surface area contributed by atoms with Crippen molar-refractivity contribution in [1.29, 1.82) is 0 Å². The molecule has 1 aromatic heterocycles. The van der Waals surface area contributed by atoms with Gasteiger partial charge in [-0.1, -0.05) is 53.5 Å². The van der Waals surface area contributed by atoms with Crippen LogP contribution in [-0.2, 0) is 4.79 Å². The molecule has 136 valence electrons.